The van der Waals surface area contributed by atoms with Gasteiger partial charge in [-0.1, -0.05) is 62.9 Å². The predicted molar refractivity (Wildman–Crippen MR) is 114 cm³/mol. The Hall–Kier alpha value is -2.41. The van der Waals surface area contributed by atoms with Crippen molar-refractivity contribution in [1.29, 1.82) is 0 Å². The average Bonchev–Trinajstić information content (AvgIpc) is 2.63. The maximum atomic E-state index is 12.9. The van der Waals surface area contributed by atoms with Crippen LogP contribution in [0.3, 0.4) is 0 Å². The summed E-state index contributed by atoms with van der Waals surface area (Å²) in [4.78, 5) is 34.6. The summed E-state index contributed by atoms with van der Waals surface area (Å²) in [5.41, 5.74) is 0.788. The molecule has 0 radical (unpaired) electrons. The smallest absolute Gasteiger partial charge is 0.280 e. The van der Waals surface area contributed by atoms with Gasteiger partial charge in [-0.15, -0.1) is 0 Å². The molecule has 0 N–H and O–H groups in total. The summed E-state index contributed by atoms with van der Waals surface area (Å²) in [6, 6.07) is 10.1. The highest BCUT2D eigenvalue weighted by molar-refractivity contribution is 7.99. The van der Waals surface area contributed by atoms with E-state index in [0.29, 0.717) is 28.3 Å². The Morgan fingerprint density at radius 2 is 1.68 bits per heavy atom. The zero-order chi connectivity index (χ0) is 20.6. The first kappa shape index (κ1) is 20.3. The molecule has 0 unspecified atom stereocenters. The van der Waals surface area contributed by atoms with Crippen molar-refractivity contribution in [2.24, 2.45) is 19.5 Å². The van der Waals surface area contributed by atoms with E-state index in [4.69, 9.17) is 4.98 Å². The second-order valence-electron chi connectivity index (χ2n) is 8.26. The van der Waals surface area contributed by atoms with Crippen LogP contribution in [0.4, 0.5) is 0 Å². The van der Waals surface area contributed by atoms with Crippen LogP contribution < -0.4 is 11.2 Å². The third-order valence-corrected chi connectivity index (χ3v) is 5.70. The van der Waals surface area contributed by atoms with Crippen molar-refractivity contribution in [3.05, 3.63) is 62.6 Å². The van der Waals surface area contributed by atoms with Gasteiger partial charge in [-0.25, -0.2) is 14.8 Å². The lowest BCUT2D eigenvalue weighted by Gasteiger charge is -2.19. The van der Waals surface area contributed by atoms with Crippen LogP contribution in [0, 0.1) is 5.41 Å². The van der Waals surface area contributed by atoms with Crippen molar-refractivity contribution < 1.29 is 0 Å². The summed E-state index contributed by atoms with van der Waals surface area (Å²) in [7, 11) is 3.13. The molecule has 3 rings (SSSR count). The van der Waals surface area contributed by atoms with E-state index in [9.17, 15) is 9.59 Å². The quantitative estimate of drug-likeness (QED) is 0.497. The van der Waals surface area contributed by atoms with Gasteiger partial charge in [0, 0.05) is 25.8 Å². The first-order valence-electron chi connectivity index (χ1n) is 9.27. The van der Waals surface area contributed by atoms with Gasteiger partial charge in [-0.3, -0.25) is 13.9 Å². The van der Waals surface area contributed by atoms with E-state index in [1.807, 2.05) is 18.2 Å². The summed E-state index contributed by atoms with van der Waals surface area (Å²) < 4.78 is 2.55. The number of aryl methyl sites for hydroxylation is 1. The van der Waals surface area contributed by atoms with Gasteiger partial charge in [0.15, 0.2) is 5.65 Å². The summed E-state index contributed by atoms with van der Waals surface area (Å²) in [6.07, 6.45) is 0.652. The highest BCUT2D eigenvalue weighted by Crippen LogP contribution is 2.36. The molecule has 2 aromatic heterocycles. The summed E-state index contributed by atoms with van der Waals surface area (Å²) in [5, 5.41) is 1.12. The summed E-state index contributed by atoms with van der Waals surface area (Å²) >= 11 is 1.52. The monoisotopic (exact) mass is 398 g/mol. The number of nitrogens with zero attached hydrogens (tertiary/aromatic N) is 4. The molecular formula is C21H26N4O2S. The van der Waals surface area contributed by atoms with Crippen LogP contribution in [-0.2, 0) is 20.5 Å². The van der Waals surface area contributed by atoms with Crippen LogP contribution in [0.1, 0.15) is 44.3 Å². The second-order valence-corrected chi connectivity index (χ2v) is 9.59. The maximum Gasteiger partial charge on any atom is 0.332 e. The molecule has 1 aromatic carbocycles. The van der Waals surface area contributed by atoms with Crippen molar-refractivity contribution in [1.82, 2.24) is 19.1 Å². The fraction of sp³-hybridized carbons (Fsp3) is 0.429. The van der Waals surface area contributed by atoms with E-state index in [1.54, 1.807) is 7.05 Å². The lowest BCUT2D eigenvalue weighted by Crippen LogP contribution is -2.38. The van der Waals surface area contributed by atoms with Gasteiger partial charge < -0.3 is 0 Å². The molecule has 148 valence electrons. The molecule has 0 aliphatic heterocycles. The molecule has 0 spiro atoms. The molecule has 0 aliphatic carbocycles. The number of thioether (sulfide) groups is 1. The Bertz CT molecular complexity index is 1130. The molecule has 0 fully saturated rings. The Labute approximate surface area is 168 Å². The fourth-order valence-corrected chi connectivity index (χ4v) is 4.15. The van der Waals surface area contributed by atoms with Crippen molar-refractivity contribution in [2.45, 2.75) is 44.4 Å². The zero-order valence-corrected chi connectivity index (χ0v) is 18.0. The number of hydrogen-bond donors (Lipinski definition) is 0. The van der Waals surface area contributed by atoms with Crippen molar-refractivity contribution in [2.75, 3.05) is 0 Å². The van der Waals surface area contributed by atoms with E-state index < -0.39 is 0 Å². The van der Waals surface area contributed by atoms with E-state index in [-0.39, 0.29) is 21.9 Å². The molecule has 28 heavy (non-hydrogen) atoms. The van der Waals surface area contributed by atoms with Crippen molar-refractivity contribution >= 4 is 22.8 Å². The number of aromatic nitrogens is 4. The molecule has 0 aliphatic rings. The topological polar surface area (TPSA) is 69.8 Å². The Morgan fingerprint density at radius 1 is 1.04 bits per heavy atom. The van der Waals surface area contributed by atoms with Gasteiger partial charge in [-0.2, -0.15) is 0 Å². The highest BCUT2D eigenvalue weighted by Gasteiger charge is 2.22. The molecule has 1 atom stereocenters. The molecule has 0 saturated heterocycles. The van der Waals surface area contributed by atoms with Crippen molar-refractivity contribution in [3.63, 3.8) is 0 Å². The average molecular weight is 399 g/mol. The van der Waals surface area contributed by atoms with E-state index in [1.165, 1.54) is 23.4 Å². The molecule has 3 aromatic rings. The van der Waals surface area contributed by atoms with Crippen molar-refractivity contribution in [3.8, 4) is 0 Å². The number of rotatable bonds is 4. The standard InChI is InChI=1S/C21H26N4O2S/c1-13(14-10-8-7-9-11-14)28-18-16-17(22-15(23-18)12-21(2,3)4)24(5)20(27)25(6)19(16)26/h7-11,13H,12H2,1-6H3/t13-/m1/s1. The van der Waals surface area contributed by atoms with Crippen LogP contribution in [0.15, 0.2) is 44.9 Å². The van der Waals surface area contributed by atoms with Gasteiger partial charge in [0.2, 0.25) is 0 Å². The van der Waals surface area contributed by atoms with Gasteiger partial charge in [0.1, 0.15) is 16.2 Å². The normalized spacial score (nSPS) is 13.1. The number of benzene rings is 1. The minimum absolute atomic E-state index is 0.0146. The van der Waals surface area contributed by atoms with Crippen LogP contribution in [0.5, 0.6) is 0 Å². The van der Waals surface area contributed by atoms with Gasteiger partial charge in [-0.05, 0) is 17.9 Å². The lowest BCUT2D eigenvalue weighted by molar-refractivity contribution is 0.399. The Kier molecular flexibility index (Phi) is 5.48. The maximum absolute atomic E-state index is 12.9. The van der Waals surface area contributed by atoms with Gasteiger partial charge >= 0.3 is 5.69 Å². The van der Waals surface area contributed by atoms with Crippen LogP contribution in [-0.4, -0.2) is 19.1 Å². The lowest BCUT2D eigenvalue weighted by atomic mass is 9.92. The van der Waals surface area contributed by atoms with Crippen LogP contribution >= 0.6 is 11.8 Å². The molecule has 7 heteroatoms. The van der Waals surface area contributed by atoms with E-state index in [2.05, 4.69) is 44.8 Å². The van der Waals surface area contributed by atoms with Gasteiger partial charge in [0.05, 0.1) is 0 Å². The third kappa shape index (κ3) is 4.04. The molecule has 0 amide bonds. The SMILES string of the molecule is C[C@@H](Sc1nc(CC(C)(C)C)nc2c1c(=O)n(C)c(=O)n2C)c1ccccc1. The highest BCUT2D eigenvalue weighted by atomic mass is 32.2. The summed E-state index contributed by atoms with van der Waals surface area (Å²) in [5.74, 6) is 0.644. The number of hydrogen-bond acceptors (Lipinski definition) is 5. The second kappa shape index (κ2) is 7.54. The number of fused-ring (bicyclic) bond motifs is 1. The largest absolute Gasteiger partial charge is 0.332 e. The molecule has 0 bridgehead atoms. The Morgan fingerprint density at radius 3 is 2.29 bits per heavy atom. The minimum Gasteiger partial charge on any atom is -0.280 e. The first-order chi connectivity index (χ1) is 13.1. The minimum atomic E-state index is -0.384. The molecular weight excluding hydrogens is 372 g/mol. The van der Waals surface area contributed by atoms with Crippen LogP contribution in [0.25, 0.3) is 11.0 Å². The predicted octanol–water partition coefficient (Wildman–Crippen LogP) is 3.47. The first-order valence-corrected chi connectivity index (χ1v) is 10.1. The van der Waals surface area contributed by atoms with E-state index >= 15 is 0 Å². The van der Waals surface area contributed by atoms with E-state index in [0.717, 1.165) is 10.1 Å². The van der Waals surface area contributed by atoms with Crippen LogP contribution in [0.2, 0.25) is 0 Å². The zero-order valence-electron chi connectivity index (χ0n) is 17.2. The molecule has 6 nitrogen and oxygen atoms in total. The molecule has 2 heterocycles. The summed E-state index contributed by atoms with van der Waals surface area (Å²) in [6.45, 7) is 8.43. The Balaban J connectivity index is 2.23. The fourth-order valence-electron chi connectivity index (χ4n) is 3.07. The third-order valence-electron chi connectivity index (χ3n) is 4.56. The molecule has 0 saturated carbocycles. The van der Waals surface area contributed by atoms with Gasteiger partial charge in [0.25, 0.3) is 5.56 Å².